The van der Waals surface area contributed by atoms with E-state index in [1.54, 1.807) is 11.9 Å². The zero-order chi connectivity index (χ0) is 16.0. The Labute approximate surface area is 124 Å². The van der Waals surface area contributed by atoms with E-state index in [2.05, 4.69) is 5.32 Å². The van der Waals surface area contributed by atoms with Gasteiger partial charge in [-0.2, -0.15) is 0 Å². The second kappa shape index (κ2) is 7.61. The summed E-state index contributed by atoms with van der Waals surface area (Å²) in [6, 6.07) is 1.45. The second-order valence-electron chi connectivity index (χ2n) is 5.03. The van der Waals surface area contributed by atoms with E-state index in [0.717, 1.165) is 12.8 Å². The van der Waals surface area contributed by atoms with Crippen molar-refractivity contribution in [3.05, 3.63) is 28.2 Å². The van der Waals surface area contributed by atoms with Crippen LogP contribution < -0.4 is 10.9 Å². The van der Waals surface area contributed by atoms with Crippen LogP contribution in [0, 0.1) is 0 Å². The highest BCUT2D eigenvalue weighted by Crippen LogP contribution is 2.10. The lowest BCUT2D eigenvalue weighted by Crippen LogP contribution is -2.34. The fraction of sp³-hybridized carbons (Fsp3) is 0.533. The van der Waals surface area contributed by atoms with E-state index in [4.69, 9.17) is 0 Å². The van der Waals surface area contributed by atoms with Crippen molar-refractivity contribution >= 4 is 17.5 Å². The Morgan fingerprint density at radius 1 is 1.24 bits per heavy atom. The molecule has 0 unspecified atom stereocenters. The van der Waals surface area contributed by atoms with Crippen LogP contribution in [0.25, 0.3) is 0 Å². The first-order valence-corrected chi connectivity index (χ1v) is 7.18. The number of carbonyl (C=O) groups is 2. The zero-order valence-electron chi connectivity index (χ0n) is 13.1. The van der Waals surface area contributed by atoms with E-state index in [1.807, 2.05) is 13.8 Å². The highest BCUT2D eigenvalue weighted by Gasteiger charge is 2.17. The Kier molecular flexibility index (Phi) is 6.14. The van der Waals surface area contributed by atoms with Crippen molar-refractivity contribution in [2.45, 2.75) is 33.6 Å². The maximum Gasteiger partial charge on any atom is 0.274 e. The standard InChI is InChI=1S/C15H23N3O3/c1-5-7-18(8-6-2)14(20)12-9-13(16-11(3)19)15(21)17(4)10-12/h9-10H,5-8H2,1-4H3,(H,16,19). The lowest BCUT2D eigenvalue weighted by molar-refractivity contribution is -0.114. The summed E-state index contributed by atoms with van der Waals surface area (Å²) in [5.41, 5.74) is 0.200. The van der Waals surface area contributed by atoms with Crippen LogP contribution in [-0.2, 0) is 11.8 Å². The van der Waals surface area contributed by atoms with Gasteiger partial charge in [-0.15, -0.1) is 0 Å². The molecule has 0 saturated carbocycles. The molecule has 0 aromatic carbocycles. The number of aryl methyl sites for hydroxylation is 1. The Hall–Kier alpha value is -2.11. The van der Waals surface area contributed by atoms with Gasteiger partial charge in [-0.05, 0) is 18.9 Å². The zero-order valence-corrected chi connectivity index (χ0v) is 13.1. The molecule has 21 heavy (non-hydrogen) atoms. The maximum atomic E-state index is 12.5. The first-order chi connectivity index (χ1) is 9.90. The number of nitrogens with zero attached hydrogens (tertiary/aromatic N) is 2. The molecule has 0 aliphatic rings. The Bertz CT molecular complexity index is 572. The van der Waals surface area contributed by atoms with Gasteiger partial charge in [-0.25, -0.2) is 0 Å². The molecule has 1 aromatic heterocycles. The average molecular weight is 293 g/mol. The molecular formula is C15H23N3O3. The summed E-state index contributed by atoms with van der Waals surface area (Å²) in [5, 5.41) is 2.47. The number of anilines is 1. The number of pyridine rings is 1. The molecule has 0 radical (unpaired) electrons. The van der Waals surface area contributed by atoms with Crippen LogP contribution in [0.2, 0.25) is 0 Å². The van der Waals surface area contributed by atoms with Gasteiger partial charge in [0.15, 0.2) is 0 Å². The first kappa shape index (κ1) is 16.9. The maximum absolute atomic E-state index is 12.5. The Balaban J connectivity index is 3.17. The fourth-order valence-corrected chi connectivity index (χ4v) is 2.15. The predicted octanol–water partition coefficient (Wildman–Crippen LogP) is 1.61. The van der Waals surface area contributed by atoms with Crippen molar-refractivity contribution in [3.8, 4) is 0 Å². The minimum Gasteiger partial charge on any atom is -0.339 e. The van der Waals surface area contributed by atoms with Gasteiger partial charge in [-0.3, -0.25) is 14.4 Å². The third kappa shape index (κ3) is 4.44. The molecule has 6 nitrogen and oxygen atoms in total. The van der Waals surface area contributed by atoms with Crippen molar-refractivity contribution in [1.82, 2.24) is 9.47 Å². The van der Waals surface area contributed by atoms with Crippen molar-refractivity contribution in [1.29, 1.82) is 0 Å². The predicted molar refractivity (Wildman–Crippen MR) is 82.5 cm³/mol. The van der Waals surface area contributed by atoms with Gasteiger partial charge >= 0.3 is 0 Å². The fourth-order valence-electron chi connectivity index (χ4n) is 2.15. The Morgan fingerprint density at radius 2 is 1.81 bits per heavy atom. The molecule has 0 fully saturated rings. The van der Waals surface area contributed by atoms with Gasteiger partial charge in [0.05, 0.1) is 5.56 Å². The lowest BCUT2D eigenvalue weighted by Gasteiger charge is -2.22. The van der Waals surface area contributed by atoms with Crippen LogP contribution in [0.1, 0.15) is 44.0 Å². The van der Waals surface area contributed by atoms with Crippen molar-refractivity contribution < 1.29 is 9.59 Å². The molecule has 0 aliphatic heterocycles. The molecule has 2 amide bonds. The topological polar surface area (TPSA) is 71.4 Å². The van der Waals surface area contributed by atoms with Gasteiger partial charge in [0.2, 0.25) is 5.91 Å². The van der Waals surface area contributed by atoms with Gasteiger partial charge in [0.25, 0.3) is 11.5 Å². The van der Waals surface area contributed by atoms with Crippen LogP contribution in [0.4, 0.5) is 5.69 Å². The lowest BCUT2D eigenvalue weighted by atomic mass is 10.2. The van der Waals surface area contributed by atoms with Gasteiger partial charge in [-0.1, -0.05) is 13.8 Å². The van der Waals surface area contributed by atoms with Crippen molar-refractivity contribution in [2.24, 2.45) is 7.05 Å². The Morgan fingerprint density at radius 3 is 2.29 bits per heavy atom. The largest absolute Gasteiger partial charge is 0.339 e. The van der Waals surface area contributed by atoms with Gasteiger partial charge in [0.1, 0.15) is 5.69 Å². The number of amides is 2. The SMILES string of the molecule is CCCN(CCC)C(=O)c1cc(NC(C)=O)c(=O)n(C)c1. The van der Waals surface area contributed by atoms with Crippen LogP contribution in [0.3, 0.4) is 0 Å². The summed E-state index contributed by atoms with van der Waals surface area (Å²) >= 11 is 0. The molecule has 0 atom stereocenters. The highest BCUT2D eigenvalue weighted by molar-refractivity contribution is 5.96. The summed E-state index contributed by atoms with van der Waals surface area (Å²) in [7, 11) is 1.56. The number of nitrogens with one attached hydrogen (secondary N) is 1. The second-order valence-corrected chi connectivity index (χ2v) is 5.03. The smallest absolute Gasteiger partial charge is 0.274 e. The van der Waals surface area contributed by atoms with E-state index >= 15 is 0 Å². The van der Waals surface area contributed by atoms with E-state index in [0.29, 0.717) is 18.7 Å². The number of carbonyl (C=O) groups excluding carboxylic acids is 2. The van der Waals surface area contributed by atoms with E-state index in [1.165, 1.54) is 23.8 Å². The van der Waals surface area contributed by atoms with Crippen LogP contribution >= 0.6 is 0 Å². The number of aromatic nitrogens is 1. The normalized spacial score (nSPS) is 10.3. The molecule has 0 bridgehead atoms. The van der Waals surface area contributed by atoms with E-state index in [-0.39, 0.29) is 23.1 Å². The summed E-state index contributed by atoms with van der Waals surface area (Å²) in [4.78, 5) is 37.4. The highest BCUT2D eigenvalue weighted by atomic mass is 16.2. The molecule has 0 saturated heterocycles. The summed E-state index contributed by atoms with van der Waals surface area (Å²) in [6.45, 7) is 6.70. The molecule has 116 valence electrons. The third-order valence-corrected chi connectivity index (χ3v) is 3.02. The molecule has 6 heteroatoms. The van der Waals surface area contributed by atoms with Crippen LogP contribution in [0.15, 0.2) is 17.1 Å². The molecule has 1 aromatic rings. The van der Waals surface area contributed by atoms with E-state index < -0.39 is 0 Å². The minimum absolute atomic E-state index is 0.124. The molecule has 0 aliphatic carbocycles. The van der Waals surface area contributed by atoms with Crippen molar-refractivity contribution in [2.75, 3.05) is 18.4 Å². The summed E-state index contributed by atoms with van der Waals surface area (Å²) < 4.78 is 1.31. The minimum atomic E-state index is -0.337. The number of rotatable bonds is 6. The number of hydrogen-bond donors (Lipinski definition) is 1. The first-order valence-electron chi connectivity index (χ1n) is 7.18. The molecule has 1 rings (SSSR count). The summed E-state index contributed by atoms with van der Waals surface area (Å²) in [6.07, 6.45) is 3.25. The van der Waals surface area contributed by atoms with E-state index in [9.17, 15) is 14.4 Å². The molecular weight excluding hydrogens is 270 g/mol. The van der Waals surface area contributed by atoms with Gasteiger partial charge in [0, 0.05) is 33.3 Å². The van der Waals surface area contributed by atoms with Crippen molar-refractivity contribution in [3.63, 3.8) is 0 Å². The van der Waals surface area contributed by atoms with Crippen LogP contribution in [-0.4, -0.2) is 34.4 Å². The molecule has 1 heterocycles. The van der Waals surface area contributed by atoms with Crippen LogP contribution in [0.5, 0.6) is 0 Å². The number of hydrogen-bond acceptors (Lipinski definition) is 3. The quantitative estimate of drug-likeness (QED) is 0.866. The molecule has 1 N–H and O–H groups in total. The van der Waals surface area contributed by atoms with Gasteiger partial charge < -0.3 is 14.8 Å². The monoisotopic (exact) mass is 293 g/mol. The molecule has 0 spiro atoms. The average Bonchev–Trinajstić information content (AvgIpc) is 2.42. The summed E-state index contributed by atoms with van der Waals surface area (Å²) in [5.74, 6) is -0.462. The third-order valence-electron chi connectivity index (χ3n) is 3.02.